The summed E-state index contributed by atoms with van der Waals surface area (Å²) in [5.74, 6) is -0.779. The Labute approximate surface area is 129 Å². The van der Waals surface area contributed by atoms with Crippen LogP contribution in [0.15, 0.2) is 27.1 Å². The average molecular weight is 393 g/mol. The van der Waals surface area contributed by atoms with E-state index in [1.807, 2.05) is 12.1 Å². The number of rotatable bonds is 3. The average Bonchev–Trinajstić information content (AvgIpc) is 2.28. The summed E-state index contributed by atoms with van der Waals surface area (Å²) in [5, 5.41) is 2.66. The number of hydrogen-bond acceptors (Lipinski definition) is 3. The zero-order valence-electron chi connectivity index (χ0n) is 10.9. The Morgan fingerprint density at radius 2 is 1.89 bits per heavy atom. The van der Waals surface area contributed by atoms with Crippen LogP contribution in [-0.2, 0) is 14.3 Å². The summed E-state index contributed by atoms with van der Waals surface area (Å²) in [5.41, 5.74) is 0.0124. The van der Waals surface area contributed by atoms with E-state index in [1.54, 1.807) is 26.8 Å². The molecule has 19 heavy (non-hydrogen) atoms. The van der Waals surface area contributed by atoms with Crippen molar-refractivity contribution in [3.05, 3.63) is 27.1 Å². The highest BCUT2D eigenvalue weighted by Gasteiger charge is 2.23. The topological polar surface area (TPSA) is 55.4 Å². The Morgan fingerprint density at radius 3 is 2.42 bits per heavy atom. The van der Waals surface area contributed by atoms with Crippen molar-refractivity contribution in [2.24, 2.45) is 5.41 Å². The molecule has 0 radical (unpaired) electrons. The van der Waals surface area contributed by atoms with Crippen molar-refractivity contribution in [3.8, 4) is 0 Å². The van der Waals surface area contributed by atoms with Crippen LogP contribution in [0.5, 0.6) is 0 Å². The molecule has 0 atom stereocenters. The number of carbonyl (C=O) groups is 2. The lowest BCUT2D eigenvalue weighted by Crippen LogP contribution is -2.28. The molecule has 1 aromatic carbocycles. The smallest absolute Gasteiger partial charge is 0.311 e. The summed E-state index contributed by atoms with van der Waals surface area (Å²) < 4.78 is 6.58. The monoisotopic (exact) mass is 391 g/mol. The first-order valence-electron chi connectivity index (χ1n) is 5.62. The molecule has 4 nitrogen and oxygen atoms in total. The van der Waals surface area contributed by atoms with Gasteiger partial charge in [-0.1, -0.05) is 15.9 Å². The quantitative estimate of drug-likeness (QED) is 0.797. The van der Waals surface area contributed by atoms with Crippen molar-refractivity contribution in [1.29, 1.82) is 0 Å². The molecule has 1 rings (SSSR count). The Kier molecular flexibility index (Phi) is 5.55. The summed E-state index contributed by atoms with van der Waals surface area (Å²) in [6.07, 6.45) is 0. The molecule has 0 fully saturated rings. The third kappa shape index (κ3) is 5.32. The van der Waals surface area contributed by atoms with E-state index < -0.39 is 11.4 Å². The summed E-state index contributed by atoms with van der Waals surface area (Å²) in [6.45, 7) is 4.91. The summed E-state index contributed by atoms with van der Waals surface area (Å²) >= 11 is 6.66. The first-order chi connectivity index (χ1) is 8.70. The molecule has 6 heteroatoms. The molecule has 0 aliphatic rings. The highest BCUT2D eigenvalue weighted by molar-refractivity contribution is 9.11. The van der Waals surface area contributed by atoms with Crippen LogP contribution in [0, 0.1) is 5.41 Å². The van der Waals surface area contributed by atoms with Gasteiger partial charge in [0.25, 0.3) is 5.91 Å². The fourth-order valence-electron chi connectivity index (χ4n) is 1.12. The van der Waals surface area contributed by atoms with Gasteiger partial charge in [-0.3, -0.25) is 9.59 Å². The Bertz CT molecular complexity index is 495. The van der Waals surface area contributed by atoms with Gasteiger partial charge in [-0.05, 0) is 54.9 Å². The van der Waals surface area contributed by atoms with E-state index in [0.717, 1.165) is 8.95 Å². The standard InChI is InChI=1S/C13H15Br2NO3/c1-13(2,3)12(18)19-7-11(17)16-10-5-4-8(14)6-9(10)15/h4-6H,7H2,1-3H3,(H,16,17). The Balaban J connectivity index is 2.54. The SMILES string of the molecule is CC(C)(C)C(=O)OCC(=O)Nc1ccc(Br)cc1Br. The minimum atomic E-state index is -0.613. The molecule has 0 unspecified atom stereocenters. The number of ether oxygens (including phenoxy) is 1. The van der Waals surface area contributed by atoms with E-state index in [0.29, 0.717) is 5.69 Å². The zero-order valence-corrected chi connectivity index (χ0v) is 14.1. The van der Waals surface area contributed by atoms with Crippen LogP contribution in [0.1, 0.15) is 20.8 Å². The molecule has 0 aliphatic carbocycles. The van der Waals surface area contributed by atoms with Crippen LogP contribution < -0.4 is 5.32 Å². The van der Waals surface area contributed by atoms with Gasteiger partial charge in [-0.25, -0.2) is 0 Å². The maximum Gasteiger partial charge on any atom is 0.311 e. The highest BCUT2D eigenvalue weighted by Crippen LogP contribution is 2.26. The van der Waals surface area contributed by atoms with E-state index in [1.165, 1.54) is 0 Å². The van der Waals surface area contributed by atoms with Gasteiger partial charge in [0.05, 0.1) is 11.1 Å². The van der Waals surface area contributed by atoms with Gasteiger partial charge in [0, 0.05) is 8.95 Å². The second-order valence-electron chi connectivity index (χ2n) is 5.00. The summed E-state index contributed by atoms with van der Waals surface area (Å²) in [7, 11) is 0. The van der Waals surface area contributed by atoms with Crippen molar-refractivity contribution in [3.63, 3.8) is 0 Å². The van der Waals surface area contributed by atoms with Crippen LogP contribution in [0.4, 0.5) is 5.69 Å². The molecule has 1 N–H and O–H groups in total. The molecule has 0 aromatic heterocycles. The zero-order chi connectivity index (χ0) is 14.6. The van der Waals surface area contributed by atoms with Crippen LogP contribution in [-0.4, -0.2) is 18.5 Å². The number of benzene rings is 1. The van der Waals surface area contributed by atoms with Crippen molar-refractivity contribution in [2.75, 3.05) is 11.9 Å². The Morgan fingerprint density at radius 1 is 1.26 bits per heavy atom. The van der Waals surface area contributed by atoms with E-state index in [2.05, 4.69) is 37.2 Å². The molecule has 1 aromatic rings. The molecular weight excluding hydrogens is 378 g/mol. The third-order valence-electron chi connectivity index (χ3n) is 2.15. The fourth-order valence-corrected chi connectivity index (χ4v) is 2.27. The third-order valence-corrected chi connectivity index (χ3v) is 3.30. The second-order valence-corrected chi connectivity index (χ2v) is 6.77. The van der Waals surface area contributed by atoms with Gasteiger partial charge in [-0.15, -0.1) is 0 Å². The maximum absolute atomic E-state index is 11.7. The number of esters is 1. The van der Waals surface area contributed by atoms with Gasteiger partial charge < -0.3 is 10.1 Å². The van der Waals surface area contributed by atoms with Gasteiger partial charge in [0.2, 0.25) is 0 Å². The van der Waals surface area contributed by atoms with E-state index in [9.17, 15) is 9.59 Å². The van der Waals surface area contributed by atoms with Gasteiger partial charge in [0.15, 0.2) is 6.61 Å². The van der Waals surface area contributed by atoms with Crippen molar-refractivity contribution >= 4 is 49.4 Å². The number of halogens is 2. The maximum atomic E-state index is 11.7. The minimum absolute atomic E-state index is 0.293. The van der Waals surface area contributed by atoms with Crippen molar-refractivity contribution in [1.82, 2.24) is 0 Å². The number of carbonyl (C=O) groups excluding carboxylic acids is 2. The molecule has 0 spiro atoms. The number of nitrogens with one attached hydrogen (secondary N) is 1. The van der Waals surface area contributed by atoms with Crippen LogP contribution in [0.25, 0.3) is 0 Å². The molecule has 0 bridgehead atoms. The Hall–Kier alpha value is -0.880. The largest absolute Gasteiger partial charge is 0.455 e. The van der Waals surface area contributed by atoms with Crippen molar-refractivity contribution in [2.45, 2.75) is 20.8 Å². The predicted octanol–water partition coefficient (Wildman–Crippen LogP) is 3.74. The number of anilines is 1. The lowest BCUT2D eigenvalue weighted by molar-refractivity contribution is -0.155. The normalized spacial score (nSPS) is 11.0. The predicted molar refractivity (Wildman–Crippen MR) is 80.9 cm³/mol. The van der Waals surface area contributed by atoms with Gasteiger partial charge in [-0.2, -0.15) is 0 Å². The fraction of sp³-hybridized carbons (Fsp3) is 0.385. The number of hydrogen-bond donors (Lipinski definition) is 1. The number of amides is 1. The van der Waals surface area contributed by atoms with E-state index in [-0.39, 0.29) is 12.5 Å². The van der Waals surface area contributed by atoms with Crippen LogP contribution >= 0.6 is 31.9 Å². The molecule has 1 amide bonds. The van der Waals surface area contributed by atoms with Crippen molar-refractivity contribution < 1.29 is 14.3 Å². The molecular formula is C13H15Br2NO3. The first kappa shape index (κ1) is 16.2. The lowest BCUT2D eigenvalue weighted by atomic mass is 9.97. The summed E-state index contributed by atoms with van der Waals surface area (Å²) in [4.78, 5) is 23.2. The lowest BCUT2D eigenvalue weighted by Gasteiger charge is -2.16. The molecule has 0 saturated carbocycles. The van der Waals surface area contributed by atoms with Crippen LogP contribution in [0.2, 0.25) is 0 Å². The van der Waals surface area contributed by atoms with Crippen LogP contribution in [0.3, 0.4) is 0 Å². The summed E-state index contributed by atoms with van der Waals surface area (Å²) in [6, 6.07) is 5.37. The molecule has 0 saturated heterocycles. The highest BCUT2D eigenvalue weighted by atomic mass is 79.9. The molecule has 104 valence electrons. The second kappa shape index (κ2) is 6.52. The van der Waals surface area contributed by atoms with E-state index in [4.69, 9.17) is 4.74 Å². The minimum Gasteiger partial charge on any atom is -0.455 e. The first-order valence-corrected chi connectivity index (χ1v) is 7.21. The molecule has 0 aliphatic heterocycles. The molecule has 0 heterocycles. The van der Waals surface area contributed by atoms with Gasteiger partial charge in [0.1, 0.15) is 0 Å². The van der Waals surface area contributed by atoms with E-state index >= 15 is 0 Å². The van der Waals surface area contributed by atoms with Gasteiger partial charge >= 0.3 is 5.97 Å².